The van der Waals surface area contributed by atoms with Crippen LogP contribution in [-0.2, 0) is 25.7 Å². The van der Waals surface area contributed by atoms with E-state index in [1.54, 1.807) is 34.5 Å². The minimum atomic E-state index is -3.95. The van der Waals surface area contributed by atoms with Crippen LogP contribution in [0.4, 0.5) is 14.9 Å². The van der Waals surface area contributed by atoms with Gasteiger partial charge in [0.15, 0.2) is 0 Å². The highest BCUT2D eigenvalue weighted by Gasteiger charge is 2.27. The van der Waals surface area contributed by atoms with E-state index in [0.29, 0.717) is 18.0 Å². The van der Waals surface area contributed by atoms with E-state index in [-0.39, 0.29) is 35.9 Å². The largest absolute Gasteiger partial charge is 0.490 e. The number of carbonyl (C=O) groups is 2. The van der Waals surface area contributed by atoms with E-state index in [2.05, 4.69) is 9.38 Å². The topological polar surface area (TPSA) is 129 Å². The summed E-state index contributed by atoms with van der Waals surface area (Å²) in [5.41, 5.74) is 6.05. The van der Waals surface area contributed by atoms with Gasteiger partial charge >= 0.3 is 6.09 Å². The quantitative estimate of drug-likeness (QED) is 0.163. The molecule has 0 bridgehead atoms. The number of thioether (sulfide) groups is 1. The minimum Gasteiger partial charge on any atom is -0.490 e. The standard InChI is InChI=1S/C31H30ClFN4O7S2/c1-19-6-4-9-28(20(19)2)42-11-12-43-31(39)37-10-13-45-29-23(7-5-8-27(29)37)22-16-34-36(17-22)18-24-25(32)14-21(15-26(24)33)30(38)35-44-46(3,40)41/h4-9,14-17H,10-13,18H2,1-3H3,(H,35,38). The van der Waals surface area contributed by atoms with Crippen LogP contribution in [0.5, 0.6) is 5.75 Å². The van der Waals surface area contributed by atoms with Gasteiger partial charge in [-0.15, -0.1) is 16.0 Å². The fraction of sp³-hybridized carbons (Fsp3) is 0.258. The Bertz CT molecular complexity index is 1880. The maximum Gasteiger partial charge on any atom is 0.414 e. The number of hydrogen-bond acceptors (Lipinski definition) is 9. The Morgan fingerprint density at radius 1 is 1.13 bits per heavy atom. The van der Waals surface area contributed by atoms with Gasteiger partial charge < -0.3 is 9.47 Å². The number of anilines is 1. The molecular weight excluding hydrogens is 659 g/mol. The number of halogens is 2. The van der Waals surface area contributed by atoms with Crippen LogP contribution in [0.1, 0.15) is 27.0 Å². The van der Waals surface area contributed by atoms with Crippen LogP contribution < -0.4 is 15.1 Å². The molecule has 0 atom stereocenters. The van der Waals surface area contributed by atoms with E-state index >= 15 is 4.39 Å². The molecule has 0 saturated carbocycles. The first-order valence-corrected chi connectivity index (χ1v) is 17.2. The molecule has 46 heavy (non-hydrogen) atoms. The van der Waals surface area contributed by atoms with Gasteiger partial charge in [0.1, 0.15) is 24.8 Å². The molecule has 0 saturated heterocycles. The number of aryl methyl sites for hydroxylation is 1. The smallest absolute Gasteiger partial charge is 0.414 e. The van der Waals surface area contributed by atoms with Crippen molar-refractivity contribution >= 4 is 51.2 Å². The first-order valence-electron chi connectivity index (χ1n) is 14.0. The highest BCUT2D eigenvalue weighted by molar-refractivity contribution is 7.99. The molecule has 3 aromatic carbocycles. The molecule has 0 fully saturated rings. The van der Waals surface area contributed by atoms with Crippen molar-refractivity contribution in [3.05, 3.63) is 94.0 Å². The van der Waals surface area contributed by atoms with E-state index in [1.807, 2.05) is 50.2 Å². The Labute approximate surface area is 274 Å². The summed E-state index contributed by atoms with van der Waals surface area (Å²) in [6.07, 6.45) is 3.65. The van der Waals surface area contributed by atoms with Gasteiger partial charge in [0.05, 0.1) is 24.7 Å². The molecular formula is C31H30ClFN4O7S2. The summed E-state index contributed by atoms with van der Waals surface area (Å²) in [4.78, 5) is 27.7. The van der Waals surface area contributed by atoms with E-state index in [1.165, 1.54) is 10.7 Å². The third-order valence-corrected chi connectivity index (χ3v) is 8.97. The lowest BCUT2D eigenvalue weighted by Gasteiger charge is -2.29. The molecule has 2 amide bonds. The molecule has 11 nitrogen and oxygen atoms in total. The summed E-state index contributed by atoms with van der Waals surface area (Å²) in [5, 5.41) is 4.32. The van der Waals surface area contributed by atoms with Crippen molar-refractivity contribution < 1.29 is 36.2 Å². The number of ether oxygens (including phenoxy) is 2. The van der Waals surface area contributed by atoms with Crippen molar-refractivity contribution in [3.63, 3.8) is 0 Å². The summed E-state index contributed by atoms with van der Waals surface area (Å²) in [7, 11) is -3.95. The summed E-state index contributed by atoms with van der Waals surface area (Å²) >= 11 is 7.90. The number of rotatable bonds is 10. The third-order valence-electron chi connectivity index (χ3n) is 7.14. The van der Waals surface area contributed by atoms with Gasteiger partial charge in [-0.2, -0.15) is 13.5 Å². The lowest BCUT2D eigenvalue weighted by Crippen LogP contribution is -2.36. The number of fused-ring (bicyclic) bond motifs is 1. The first-order chi connectivity index (χ1) is 21.9. The van der Waals surface area contributed by atoms with Crippen molar-refractivity contribution in [3.8, 4) is 16.9 Å². The van der Waals surface area contributed by atoms with Crippen LogP contribution >= 0.6 is 23.4 Å². The molecule has 242 valence electrons. The van der Waals surface area contributed by atoms with E-state index in [9.17, 15) is 18.0 Å². The number of hydroxylamine groups is 1. The third kappa shape index (κ3) is 7.81. The van der Waals surface area contributed by atoms with Crippen LogP contribution in [-0.4, -0.2) is 62.0 Å². The van der Waals surface area contributed by atoms with Gasteiger partial charge in [0.2, 0.25) is 0 Å². The molecule has 1 N–H and O–H groups in total. The lowest BCUT2D eigenvalue weighted by molar-refractivity contribution is 0.0772. The molecule has 15 heteroatoms. The minimum absolute atomic E-state index is 0.0445. The van der Waals surface area contributed by atoms with Crippen molar-refractivity contribution in [2.45, 2.75) is 25.3 Å². The Kier molecular flexibility index (Phi) is 10.2. The number of carbonyl (C=O) groups excluding carboxylic acids is 2. The fourth-order valence-corrected chi connectivity index (χ4v) is 6.35. The van der Waals surface area contributed by atoms with Gasteiger partial charge in [-0.3, -0.25) is 14.4 Å². The zero-order valence-electron chi connectivity index (χ0n) is 25.1. The number of nitrogens with one attached hydrogen (secondary N) is 1. The average Bonchev–Trinajstić information content (AvgIpc) is 3.49. The number of hydrogen-bond donors (Lipinski definition) is 1. The van der Waals surface area contributed by atoms with Gasteiger partial charge in [-0.25, -0.2) is 14.7 Å². The lowest BCUT2D eigenvalue weighted by atomic mass is 10.1. The van der Waals surface area contributed by atoms with Crippen molar-refractivity contribution in [2.75, 3.05) is 36.7 Å². The van der Waals surface area contributed by atoms with Gasteiger partial charge in [0.25, 0.3) is 16.0 Å². The van der Waals surface area contributed by atoms with Gasteiger partial charge in [-0.1, -0.05) is 35.9 Å². The second kappa shape index (κ2) is 14.1. The van der Waals surface area contributed by atoms with Crippen molar-refractivity contribution in [1.29, 1.82) is 0 Å². The number of nitrogens with zero attached hydrogens (tertiary/aromatic N) is 3. The molecule has 0 aliphatic carbocycles. The van der Waals surface area contributed by atoms with Gasteiger partial charge in [-0.05, 0) is 49.2 Å². The SMILES string of the molecule is Cc1cccc(OCCOC(=O)N2CCSc3c(-c4cnn(Cc5c(F)cc(C(=O)NOS(C)(=O)=O)cc5Cl)c4)cccc32)c1C. The second-order valence-corrected chi connectivity index (χ2v) is 13.5. The first kappa shape index (κ1) is 33.3. The molecule has 4 aromatic rings. The highest BCUT2D eigenvalue weighted by Crippen LogP contribution is 2.42. The predicted octanol–water partition coefficient (Wildman–Crippen LogP) is 5.76. The Hall–Kier alpha value is -4.11. The molecule has 0 radical (unpaired) electrons. The summed E-state index contributed by atoms with van der Waals surface area (Å²) < 4.78 is 54.4. The second-order valence-electron chi connectivity index (χ2n) is 10.4. The summed E-state index contributed by atoms with van der Waals surface area (Å²) in [5.74, 6) is -0.348. The molecule has 1 aliphatic rings. The summed E-state index contributed by atoms with van der Waals surface area (Å²) in [6.45, 7) is 4.74. The van der Waals surface area contributed by atoms with Crippen molar-refractivity contribution in [2.24, 2.45) is 0 Å². The van der Waals surface area contributed by atoms with E-state index < -0.39 is 27.9 Å². The zero-order chi connectivity index (χ0) is 33.0. The van der Waals surface area contributed by atoms with Crippen molar-refractivity contribution in [1.82, 2.24) is 15.3 Å². The van der Waals surface area contributed by atoms with Crippen LogP contribution in [0, 0.1) is 19.7 Å². The van der Waals surface area contributed by atoms with E-state index in [0.717, 1.165) is 45.2 Å². The van der Waals surface area contributed by atoms with E-state index in [4.69, 9.17) is 21.1 Å². The van der Waals surface area contributed by atoms with Crippen LogP contribution in [0.25, 0.3) is 11.1 Å². The van der Waals surface area contributed by atoms with Crippen LogP contribution in [0.3, 0.4) is 0 Å². The number of amides is 2. The van der Waals surface area contributed by atoms with Crippen LogP contribution in [0.15, 0.2) is 65.8 Å². The molecule has 0 spiro atoms. The Morgan fingerprint density at radius 2 is 1.91 bits per heavy atom. The maximum atomic E-state index is 15.0. The molecule has 5 rings (SSSR count). The number of benzene rings is 3. The molecule has 2 heterocycles. The predicted molar refractivity (Wildman–Crippen MR) is 172 cm³/mol. The van der Waals surface area contributed by atoms with Gasteiger partial charge in [0, 0.05) is 50.7 Å². The average molecular weight is 689 g/mol. The summed E-state index contributed by atoms with van der Waals surface area (Å²) in [6, 6.07) is 13.6. The Balaban J connectivity index is 1.26. The monoisotopic (exact) mass is 688 g/mol. The fourth-order valence-electron chi connectivity index (χ4n) is 4.71. The highest BCUT2D eigenvalue weighted by atomic mass is 35.5. The number of aromatic nitrogens is 2. The molecule has 1 aliphatic heterocycles. The maximum absolute atomic E-state index is 15.0. The van der Waals surface area contributed by atoms with Crippen LogP contribution in [0.2, 0.25) is 5.02 Å². The molecule has 0 unspecified atom stereocenters. The normalized spacial score (nSPS) is 12.8. The molecule has 1 aromatic heterocycles. The zero-order valence-corrected chi connectivity index (χ0v) is 27.5. The Morgan fingerprint density at radius 3 is 2.67 bits per heavy atom.